The molecule has 1 atom stereocenters. The molecule has 0 aromatic heterocycles. The molecule has 1 fully saturated rings. The molecule has 2 N–H and O–H groups in total. The molecule has 1 heterocycles. The summed E-state index contributed by atoms with van der Waals surface area (Å²) in [6, 6.07) is 6.79. The van der Waals surface area contributed by atoms with Crippen LogP contribution in [0.4, 0.5) is 0 Å². The molecule has 2 rings (SSSR count). The van der Waals surface area contributed by atoms with Crippen LogP contribution in [0.2, 0.25) is 0 Å². The van der Waals surface area contributed by atoms with Crippen molar-refractivity contribution in [2.24, 2.45) is 0 Å². The largest absolute Gasteiger partial charge is 0.508 e. The zero-order valence-corrected chi connectivity index (χ0v) is 7.56. The first kappa shape index (κ1) is 9.02. The maximum Gasteiger partial charge on any atom is 0.246 e. The molecular formula is C10H11NO3. The van der Waals surface area contributed by atoms with E-state index >= 15 is 0 Å². The highest BCUT2D eigenvalue weighted by molar-refractivity contribution is 5.77. The molecule has 14 heavy (non-hydrogen) atoms. The molecule has 1 aliphatic heterocycles. The molecule has 4 nitrogen and oxygen atoms in total. The van der Waals surface area contributed by atoms with E-state index in [0.717, 1.165) is 5.56 Å². The molecule has 1 aromatic rings. The third-order valence-electron chi connectivity index (χ3n) is 2.17. The van der Waals surface area contributed by atoms with E-state index in [1.165, 1.54) is 0 Å². The lowest BCUT2D eigenvalue weighted by atomic mass is 10.1. The van der Waals surface area contributed by atoms with E-state index < -0.39 is 0 Å². The Morgan fingerprint density at radius 1 is 1.36 bits per heavy atom. The second-order valence-corrected chi connectivity index (χ2v) is 3.20. The van der Waals surface area contributed by atoms with E-state index in [-0.39, 0.29) is 24.4 Å². The third kappa shape index (κ3) is 1.85. The second kappa shape index (κ2) is 3.67. The van der Waals surface area contributed by atoms with Gasteiger partial charge in [-0.3, -0.25) is 4.79 Å². The van der Waals surface area contributed by atoms with Gasteiger partial charge in [0, 0.05) is 6.54 Å². The van der Waals surface area contributed by atoms with Crippen molar-refractivity contribution in [3.8, 4) is 5.75 Å². The maximum atomic E-state index is 10.8. The fourth-order valence-electron chi connectivity index (χ4n) is 1.40. The Morgan fingerprint density at radius 2 is 2.07 bits per heavy atom. The summed E-state index contributed by atoms with van der Waals surface area (Å²) in [6.07, 6.45) is -0.103. The van der Waals surface area contributed by atoms with Crippen molar-refractivity contribution in [3.63, 3.8) is 0 Å². The molecule has 0 bridgehead atoms. The van der Waals surface area contributed by atoms with Crippen molar-refractivity contribution in [1.29, 1.82) is 0 Å². The topological polar surface area (TPSA) is 58.6 Å². The third-order valence-corrected chi connectivity index (χ3v) is 2.17. The maximum absolute atomic E-state index is 10.8. The predicted octanol–water partition coefficient (Wildman–Crippen LogP) is 0.580. The van der Waals surface area contributed by atoms with Gasteiger partial charge in [-0.2, -0.15) is 0 Å². The smallest absolute Gasteiger partial charge is 0.246 e. The number of nitrogens with one attached hydrogen (secondary N) is 1. The molecule has 0 spiro atoms. The Morgan fingerprint density at radius 3 is 2.64 bits per heavy atom. The van der Waals surface area contributed by atoms with Crippen molar-refractivity contribution < 1.29 is 14.6 Å². The quantitative estimate of drug-likeness (QED) is 0.685. The van der Waals surface area contributed by atoms with Crippen LogP contribution in [0.25, 0.3) is 0 Å². The zero-order valence-electron chi connectivity index (χ0n) is 7.56. The van der Waals surface area contributed by atoms with Crippen LogP contribution in [0.3, 0.4) is 0 Å². The standard InChI is InChI=1S/C10H11NO3/c12-8-3-1-7(2-4-8)9-5-11-10(13)6-14-9/h1-4,9,12H,5-6H2,(H,11,13). The number of morpholine rings is 1. The lowest BCUT2D eigenvalue weighted by Crippen LogP contribution is -2.38. The van der Waals surface area contributed by atoms with Gasteiger partial charge >= 0.3 is 0 Å². The number of carbonyl (C=O) groups is 1. The highest BCUT2D eigenvalue weighted by atomic mass is 16.5. The van der Waals surface area contributed by atoms with Gasteiger partial charge in [0.05, 0.1) is 0 Å². The summed E-state index contributed by atoms with van der Waals surface area (Å²) in [5.41, 5.74) is 0.961. The Kier molecular flexibility index (Phi) is 2.37. The van der Waals surface area contributed by atoms with Crippen molar-refractivity contribution in [2.75, 3.05) is 13.2 Å². The van der Waals surface area contributed by atoms with Gasteiger partial charge in [-0.1, -0.05) is 12.1 Å². The van der Waals surface area contributed by atoms with Crippen molar-refractivity contribution >= 4 is 5.91 Å². The number of phenols is 1. The molecule has 1 saturated heterocycles. The number of hydrogen-bond donors (Lipinski definition) is 2. The first-order chi connectivity index (χ1) is 6.75. The van der Waals surface area contributed by atoms with E-state index in [0.29, 0.717) is 6.54 Å². The summed E-state index contributed by atoms with van der Waals surface area (Å²) in [5.74, 6) is 0.147. The van der Waals surface area contributed by atoms with E-state index in [4.69, 9.17) is 9.84 Å². The van der Waals surface area contributed by atoms with E-state index in [9.17, 15) is 4.79 Å². The number of phenolic OH excluding ortho intramolecular Hbond substituents is 1. The van der Waals surface area contributed by atoms with Crippen molar-refractivity contribution in [3.05, 3.63) is 29.8 Å². The van der Waals surface area contributed by atoms with Crippen LogP contribution in [-0.2, 0) is 9.53 Å². The van der Waals surface area contributed by atoms with Crippen LogP contribution >= 0.6 is 0 Å². The Hall–Kier alpha value is -1.55. The van der Waals surface area contributed by atoms with E-state index in [1.54, 1.807) is 24.3 Å². The summed E-state index contributed by atoms with van der Waals surface area (Å²) in [6.45, 7) is 0.592. The molecule has 74 valence electrons. The fraction of sp³-hybridized carbons (Fsp3) is 0.300. The van der Waals surface area contributed by atoms with Crippen LogP contribution in [-0.4, -0.2) is 24.2 Å². The molecular weight excluding hydrogens is 182 g/mol. The predicted molar refractivity (Wildman–Crippen MR) is 49.8 cm³/mol. The van der Waals surface area contributed by atoms with Crippen LogP contribution < -0.4 is 5.32 Å². The molecule has 0 saturated carbocycles. The number of carbonyl (C=O) groups excluding carboxylic acids is 1. The molecule has 0 aliphatic carbocycles. The van der Waals surface area contributed by atoms with Gasteiger partial charge in [-0.05, 0) is 17.7 Å². The normalized spacial score (nSPS) is 21.7. The first-order valence-electron chi connectivity index (χ1n) is 4.43. The Balaban J connectivity index is 2.08. The van der Waals surface area contributed by atoms with E-state index in [2.05, 4.69) is 5.32 Å². The molecule has 0 radical (unpaired) electrons. The Bertz CT molecular complexity index is 324. The minimum Gasteiger partial charge on any atom is -0.508 e. The number of hydrogen-bond acceptors (Lipinski definition) is 3. The number of rotatable bonds is 1. The molecule has 4 heteroatoms. The highest BCUT2D eigenvalue weighted by Crippen LogP contribution is 2.20. The van der Waals surface area contributed by atoms with Crippen molar-refractivity contribution in [1.82, 2.24) is 5.32 Å². The second-order valence-electron chi connectivity index (χ2n) is 3.20. The fourth-order valence-corrected chi connectivity index (χ4v) is 1.40. The molecule has 1 amide bonds. The summed E-state index contributed by atoms with van der Waals surface area (Å²) in [7, 11) is 0. The summed E-state index contributed by atoms with van der Waals surface area (Å²) >= 11 is 0. The molecule has 1 aromatic carbocycles. The van der Waals surface area contributed by atoms with E-state index in [1.807, 2.05) is 0 Å². The number of aromatic hydroxyl groups is 1. The zero-order chi connectivity index (χ0) is 9.97. The molecule has 1 aliphatic rings. The lowest BCUT2D eigenvalue weighted by Gasteiger charge is -2.23. The first-order valence-corrected chi connectivity index (χ1v) is 4.43. The van der Waals surface area contributed by atoms with Crippen molar-refractivity contribution in [2.45, 2.75) is 6.10 Å². The average molecular weight is 193 g/mol. The van der Waals surface area contributed by atoms with Gasteiger partial charge in [0.15, 0.2) is 0 Å². The van der Waals surface area contributed by atoms with Gasteiger partial charge in [0.25, 0.3) is 0 Å². The average Bonchev–Trinajstić information content (AvgIpc) is 2.21. The summed E-state index contributed by atoms with van der Waals surface area (Å²) < 4.78 is 5.32. The van der Waals surface area contributed by atoms with Gasteiger partial charge in [-0.25, -0.2) is 0 Å². The van der Waals surface area contributed by atoms with Gasteiger partial charge < -0.3 is 15.2 Å². The summed E-state index contributed by atoms with van der Waals surface area (Å²) in [4.78, 5) is 10.8. The lowest BCUT2D eigenvalue weighted by molar-refractivity contribution is -0.133. The van der Waals surface area contributed by atoms with Crippen LogP contribution in [0, 0.1) is 0 Å². The van der Waals surface area contributed by atoms with Crippen LogP contribution in [0.15, 0.2) is 24.3 Å². The molecule has 1 unspecified atom stereocenters. The minimum atomic E-state index is -0.103. The SMILES string of the molecule is O=C1COC(c2ccc(O)cc2)CN1. The van der Waals surface area contributed by atoms with Gasteiger partial charge in [0.2, 0.25) is 5.91 Å². The summed E-state index contributed by atoms with van der Waals surface area (Å²) in [5, 5.41) is 11.8. The van der Waals surface area contributed by atoms with Gasteiger partial charge in [0.1, 0.15) is 18.5 Å². The van der Waals surface area contributed by atoms with Crippen LogP contribution in [0.5, 0.6) is 5.75 Å². The number of benzene rings is 1. The monoisotopic (exact) mass is 193 g/mol. The van der Waals surface area contributed by atoms with Gasteiger partial charge in [-0.15, -0.1) is 0 Å². The highest BCUT2D eigenvalue weighted by Gasteiger charge is 2.19. The minimum absolute atomic E-state index is 0.0833. The number of ether oxygens (including phenoxy) is 1. The van der Waals surface area contributed by atoms with Crippen LogP contribution in [0.1, 0.15) is 11.7 Å². The number of amides is 1. The Labute approximate surface area is 81.5 Å².